The zero-order valence-corrected chi connectivity index (χ0v) is 19.4. The van der Waals surface area contributed by atoms with E-state index in [1.165, 1.54) is 24.0 Å². The van der Waals surface area contributed by atoms with Gasteiger partial charge in [-0.15, -0.1) is 0 Å². The molecule has 0 saturated carbocycles. The number of phosphoric acid groups is 2. The van der Waals surface area contributed by atoms with Crippen LogP contribution in [0.3, 0.4) is 0 Å². The predicted octanol–water partition coefficient (Wildman–Crippen LogP) is -0.714. The third-order valence-corrected chi connectivity index (χ3v) is 7.40. The van der Waals surface area contributed by atoms with E-state index in [1.807, 2.05) is 0 Å². The predicted molar refractivity (Wildman–Crippen MR) is 117 cm³/mol. The number of ether oxygens (including phenoxy) is 1. The highest BCUT2D eigenvalue weighted by molar-refractivity contribution is 7.60. The minimum Gasteiger partial charge on any atom is -0.387 e. The average molecular weight is 535 g/mol. The molecule has 2 aliphatic heterocycles. The van der Waals surface area contributed by atoms with Crippen molar-refractivity contribution in [3.05, 3.63) is 22.6 Å². The summed E-state index contributed by atoms with van der Waals surface area (Å²) in [6.45, 7) is 0.302. The maximum absolute atomic E-state index is 12.1. The second-order valence-electron chi connectivity index (χ2n) is 7.70. The number of anilines is 2. The molecule has 190 valence electrons. The highest BCUT2D eigenvalue weighted by Crippen LogP contribution is 2.58. The average Bonchev–Trinajstić information content (AvgIpc) is 3.15. The molecule has 7 N–H and O–H groups in total. The summed E-state index contributed by atoms with van der Waals surface area (Å²) in [6.07, 6.45) is -1.63. The Morgan fingerprint density at radius 3 is 2.74 bits per heavy atom. The van der Waals surface area contributed by atoms with Crippen LogP contribution in [0.25, 0.3) is 10.8 Å². The highest BCUT2D eigenvalue weighted by Gasteiger charge is 2.54. The Morgan fingerprint density at radius 1 is 1.37 bits per heavy atom. The lowest BCUT2D eigenvalue weighted by atomic mass is 9.96. The summed E-state index contributed by atoms with van der Waals surface area (Å²) >= 11 is 0. The van der Waals surface area contributed by atoms with Crippen LogP contribution in [0.15, 0.2) is 22.1 Å². The van der Waals surface area contributed by atoms with Crippen molar-refractivity contribution in [3.63, 3.8) is 0 Å². The van der Waals surface area contributed by atoms with Gasteiger partial charge in [0.1, 0.15) is 29.4 Å². The number of carbonyl (C=O) groups excluding carboxylic acids is 1. The number of nitrogens with zero attached hydrogens (tertiary/aromatic N) is 3. The number of rotatable bonds is 8. The molecule has 4 rings (SSSR count). The van der Waals surface area contributed by atoms with Gasteiger partial charge in [0, 0.05) is 17.6 Å². The van der Waals surface area contributed by atoms with Crippen molar-refractivity contribution in [1.82, 2.24) is 9.55 Å². The molecule has 0 aliphatic carbocycles. The zero-order chi connectivity index (χ0) is 25.8. The van der Waals surface area contributed by atoms with Crippen LogP contribution in [-0.2, 0) is 27.5 Å². The Hall–Kier alpha value is -2.56. The monoisotopic (exact) mass is 535 g/mol. The maximum Gasteiger partial charge on any atom is 0.481 e. The van der Waals surface area contributed by atoms with Gasteiger partial charge in [0.2, 0.25) is 6.41 Å². The van der Waals surface area contributed by atoms with E-state index in [0.29, 0.717) is 6.41 Å². The smallest absolute Gasteiger partial charge is 0.387 e. The topological polar surface area (TPSA) is 251 Å². The van der Waals surface area contributed by atoms with Crippen molar-refractivity contribution in [3.8, 4) is 0 Å². The molecule has 35 heavy (non-hydrogen) atoms. The van der Waals surface area contributed by atoms with Crippen LogP contribution in [0.4, 0.5) is 17.3 Å². The van der Waals surface area contributed by atoms with E-state index in [-0.39, 0.29) is 28.1 Å². The molecule has 1 fully saturated rings. The summed E-state index contributed by atoms with van der Waals surface area (Å²) in [5.74, 6) is 0.226. The van der Waals surface area contributed by atoms with Crippen molar-refractivity contribution in [2.45, 2.75) is 31.0 Å². The lowest BCUT2D eigenvalue weighted by Gasteiger charge is -2.28. The van der Waals surface area contributed by atoms with Gasteiger partial charge in [-0.05, 0) is 6.92 Å². The van der Waals surface area contributed by atoms with Crippen LogP contribution in [0, 0.1) is 0 Å². The summed E-state index contributed by atoms with van der Waals surface area (Å²) < 4.78 is 37.7. The van der Waals surface area contributed by atoms with E-state index < -0.39 is 51.8 Å². The van der Waals surface area contributed by atoms with Crippen LogP contribution >= 0.6 is 15.6 Å². The quantitative estimate of drug-likeness (QED) is 0.163. The Bertz CT molecular complexity index is 1370. The first-order valence-corrected chi connectivity index (χ1v) is 12.7. The lowest BCUT2D eigenvalue weighted by molar-refractivity contribution is -0.105. The van der Waals surface area contributed by atoms with Gasteiger partial charge in [-0.1, -0.05) is 0 Å². The van der Waals surface area contributed by atoms with Crippen molar-refractivity contribution in [2.75, 3.05) is 17.2 Å². The summed E-state index contributed by atoms with van der Waals surface area (Å²) in [7, 11) is -10.6. The van der Waals surface area contributed by atoms with Crippen molar-refractivity contribution >= 4 is 56.5 Å². The van der Waals surface area contributed by atoms with Gasteiger partial charge in [-0.25, -0.2) is 14.1 Å². The van der Waals surface area contributed by atoms with Crippen LogP contribution in [0.2, 0.25) is 0 Å². The molecule has 1 amide bonds. The second kappa shape index (κ2) is 8.83. The van der Waals surface area contributed by atoms with Gasteiger partial charge >= 0.3 is 15.6 Å². The SMILES string of the molecule is C[C@@]1(O)[C@H](O)[C@@H](COP(=O)(O)OP(=O)(O)O)O[C@H]1n1cc2c(NC=O)cc(=O)nc3c2c1N=CN3. The zero-order valence-electron chi connectivity index (χ0n) is 17.6. The van der Waals surface area contributed by atoms with Crippen molar-refractivity contribution < 1.29 is 52.4 Å². The molecule has 2 aromatic heterocycles. The number of nitrogens with one attached hydrogen (secondary N) is 2. The Kier molecular flexibility index (Phi) is 6.44. The van der Waals surface area contributed by atoms with Crippen LogP contribution in [-0.4, -0.2) is 71.6 Å². The molecule has 0 spiro atoms. The molecule has 2 aromatic rings. The first-order chi connectivity index (χ1) is 16.2. The molecular weight excluding hydrogens is 516 g/mol. The summed E-state index contributed by atoms with van der Waals surface area (Å²) in [5.41, 5.74) is -2.64. The molecule has 1 unspecified atom stereocenters. The number of hydrogen-bond acceptors (Lipinski definition) is 12. The van der Waals surface area contributed by atoms with Gasteiger partial charge in [0.05, 0.1) is 24.0 Å². The van der Waals surface area contributed by atoms with Gasteiger partial charge in [-0.3, -0.25) is 14.1 Å². The van der Waals surface area contributed by atoms with Gasteiger partial charge < -0.3 is 44.8 Å². The highest BCUT2D eigenvalue weighted by atomic mass is 31.3. The largest absolute Gasteiger partial charge is 0.481 e. The van der Waals surface area contributed by atoms with E-state index in [2.05, 4.69) is 29.4 Å². The Balaban J connectivity index is 1.72. The summed E-state index contributed by atoms with van der Waals surface area (Å²) in [5, 5.41) is 27.3. The molecule has 19 heteroatoms. The third kappa shape index (κ3) is 4.92. The van der Waals surface area contributed by atoms with Crippen molar-refractivity contribution in [1.29, 1.82) is 0 Å². The fourth-order valence-electron chi connectivity index (χ4n) is 3.81. The number of hydrogen-bond donors (Lipinski definition) is 7. The molecule has 17 nitrogen and oxygen atoms in total. The lowest BCUT2D eigenvalue weighted by Crippen LogP contribution is -2.44. The Labute approximate surface area is 194 Å². The van der Waals surface area contributed by atoms with Gasteiger partial charge in [0.25, 0.3) is 5.56 Å². The summed E-state index contributed by atoms with van der Waals surface area (Å²) in [6, 6.07) is 1.07. The van der Waals surface area contributed by atoms with Crippen LogP contribution in [0.1, 0.15) is 13.2 Å². The van der Waals surface area contributed by atoms with Gasteiger partial charge in [0.15, 0.2) is 6.23 Å². The van der Waals surface area contributed by atoms with E-state index in [1.54, 1.807) is 0 Å². The first-order valence-electron chi connectivity index (χ1n) is 9.63. The summed E-state index contributed by atoms with van der Waals surface area (Å²) in [4.78, 5) is 58.1. The minimum absolute atomic E-state index is 0.0755. The fourth-order valence-corrected chi connectivity index (χ4v) is 5.41. The normalized spacial score (nSPS) is 27.4. The second-order valence-corrected chi connectivity index (χ2v) is 10.5. The molecule has 5 atom stereocenters. The van der Waals surface area contributed by atoms with E-state index in [4.69, 9.17) is 14.5 Å². The molecular formula is C16H19N5O12P2. The fraction of sp³-hybridized carbons (Fsp3) is 0.375. The van der Waals surface area contributed by atoms with E-state index >= 15 is 0 Å². The van der Waals surface area contributed by atoms with E-state index in [9.17, 15) is 33.8 Å². The number of aliphatic hydroxyl groups excluding tert-OH is 1. The molecule has 1 saturated heterocycles. The number of aliphatic hydroxyl groups is 2. The molecule has 0 bridgehead atoms. The number of amides is 1. The molecule has 4 heterocycles. The van der Waals surface area contributed by atoms with Crippen molar-refractivity contribution in [2.24, 2.45) is 4.99 Å². The minimum atomic E-state index is -5.37. The Morgan fingerprint density at radius 2 is 2.09 bits per heavy atom. The molecule has 0 radical (unpaired) electrons. The van der Waals surface area contributed by atoms with Crippen LogP contribution in [0.5, 0.6) is 0 Å². The molecule has 2 aliphatic rings. The number of phosphoric ester groups is 1. The van der Waals surface area contributed by atoms with Gasteiger partial charge in [-0.2, -0.15) is 9.29 Å². The first kappa shape index (κ1) is 25.5. The maximum atomic E-state index is 12.1. The standard InChI is InChI=1S/C16H19N5O12P2/c1-16(25)12(24)9(4-31-35(29,30)33-34(26,27)28)32-15(16)21-3-7-8(19-6-22)2-10(23)20-13-11(7)14(21)18-5-17-13/h2-3,5-6,9,12,15,24-25H,4H2,1H3,(H,19,22)(H,29,30)(H2,26,27,28)(H,17,18,20,23)/t9-,12-,15-,16-/m1/s1. The molecule has 0 aromatic carbocycles. The van der Waals surface area contributed by atoms with Crippen LogP contribution < -0.4 is 16.2 Å². The van der Waals surface area contributed by atoms with E-state index in [0.717, 1.165) is 6.07 Å². The number of carbonyl (C=O) groups is 1. The number of aliphatic imine (C=N–C) groups is 1. The number of aromatic nitrogens is 2. The third-order valence-electron chi connectivity index (χ3n) is 5.24.